The molecule has 0 atom stereocenters. The summed E-state index contributed by atoms with van der Waals surface area (Å²) >= 11 is 0. The summed E-state index contributed by atoms with van der Waals surface area (Å²) in [5, 5.41) is 3.43. The van der Waals surface area contributed by atoms with Crippen molar-refractivity contribution in [2.75, 3.05) is 28.4 Å². The lowest BCUT2D eigenvalue weighted by molar-refractivity contribution is 0.185. The number of methoxy groups -OCH3 is 4. The van der Waals surface area contributed by atoms with Crippen molar-refractivity contribution in [2.45, 2.75) is 19.7 Å². The van der Waals surface area contributed by atoms with Crippen LogP contribution >= 0.6 is 0 Å². The van der Waals surface area contributed by atoms with Crippen LogP contribution in [-0.2, 0) is 24.4 Å². The van der Waals surface area contributed by atoms with Crippen LogP contribution in [0.15, 0.2) is 36.4 Å². The quantitative estimate of drug-likeness (QED) is 0.765. The Morgan fingerprint density at radius 1 is 0.750 bits per heavy atom. The molecule has 0 radical (unpaired) electrons. The Bertz CT molecular complexity index is 633. The van der Waals surface area contributed by atoms with Crippen LogP contribution in [0.5, 0.6) is 17.2 Å². The molecule has 0 spiro atoms. The van der Waals surface area contributed by atoms with E-state index < -0.39 is 0 Å². The lowest BCUT2D eigenvalue weighted by Gasteiger charge is -2.14. The highest BCUT2D eigenvalue weighted by atomic mass is 16.5. The van der Waals surface area contributed by atoms with Crippen LogP contribution < -0.4 is 19.5 Å². The van der Waals surface area contributed by atoms with Gasteiger partial charge in [0, 0.05) is 20.2 Å². The molecule has 24 heavy (non-hydrogen) atoms. The summed E-state index contributed by atoms with van der Waals surface area (Å²) < 4.78 is 21.3. The summed E-state index contributed by atoms with van der Waals surface area (Å²) in [5.74, 6) is 1.93. The second-order valence-corrected chi connectivity index (χ2v) is 5.39. The third kappa shape index (κ3) is 4.63. The Morgan fingerprint density at radius 3 is 1.96 bits per heavy atom. The zero-order chi connectivity index (χ0) is 17.4. The maximum atomic E-state index is 5.38. The molecule has 0 aliphatic carbocycles. The zero-order valence-corrected chi connectivity index (χ0v) is 14.7. The van der Waals surface area contributed by atoms with Gasteiger partial charge < -0.3 is 24.3 Å². The average Bonchev–Trinajstić information content (AvgIpc) is 2.61. The molecule has 0 bridgehead atoms. The maximum absolute atomic E-state index is 5.38. The van der Waals surface area contributed by atoms with Gasteiger partial charge in [0.1, 0.15) is 0 Å². The first-order valence-electron chi connectivity index (χ1n) is 7.78. The van der Waals surface area contributed by atoms with E-state index >= 15 is 0 Å². The third-order valence-corrected chi connectivity index (χ3v) is 3.69. The molecule has 5 nitrogen and oxygen atoms in total. The molecule has 0 aromatic heterocycles. The first-order chi connectivity index (χ1) is 11.7. The lowest BCUT2D eigenvalue weighted by atomic mass is 10.1. The minimum Gasteiger partial charge on any atom is -0.493 e. The Hall–Kier alpha value is -2.24. The Kier molecular flexibility index (Phi) is 6.90. The Labute approximate surface area is 143 Å². The van der Waals surface area contributed by atoms with Crippen molar-refractivity contribution in [3.63, 3.8) is 0 Å². The third-order valence-electron chi connectivity index (χ3n) is 3.69. The summed E-state index contributed by atoms with van der Waals surface area (Å²) in [6.45, 7) is 2.10. The van der Waals surface area contributed by atoms with E-state index in [-0.39, 0.29) is 0 Å². The van der Waals surface area contributed by atoms with Gasteiger partial charge in [-0.25, -0.2) is 0 Å². The highest BCUT2D eigenvalue weighted by molar-refractivity contribution is 5.53. The largest absolute Gasteiger partial charge is 0.493 e. The molecule has 0 fully saturated rings. The summed E-state index contributed by atoms with van der Waals surface area (Å²) in [4.78, 5) is 0. The van der Waals surface area contributed by atoms with Crippen LogP contribution in [0, 0.1) is 0 Å². The number of benzene rings is 2. The maximum Gasteiger partial charge on any atom is 0.203 e. The van der Waals surface area contributed by atoms with Gasteiger partial charge in [0.15, 0.2) is 11.5 Å². The van der Waals surface area contributed by atoms with Gasteiger partial charge in [-0.3, -0.25) is 0 Å². The van der Waals surface area contributed by atoms with Gasteiger partial charge >= 0.3 is 0 Å². The summed E-state index contributed by atoms with van der Waals surface area (Å²) in [5.41, 5.74) is 3.46. The van der Waals surface area contributed by atoms with Crippen LogP contribution in [0.3, 0.4) is 0 Å². The molecule has 0 aliphatic rings. The molecule has 0 amide bonds. The zero-order valence-electron chi connectivity index (χ0n) is 14.7. The molecule has 0 aliphatic heterocycles. The van der Waals surface area contributed by atoms with Crippen LogP contribution in [0.1, 0.15) is 16.7 Å². The molecular formula is C19H25NO4. The van der Waals surface area contributed by atoms with Gasteiger partial charge in [-0.2, -0.15) is 0 Å². The van der Waals surface area contributed by atoms with Gasteiger partial charge in [-0.15, -0.1) is 0 Å². The minimum atomic E-state index is 0.607. The predicted octanol–water partition coefficient (Wildman–Crippen LogP) is 3.15. The van der Waals surface area contributed by atoms with E-state index in [0.717, 1.165) is 12.1 Å². The summed E-state index contributed by atoms with van der Waals surface area (Å²) in [6.07, 6.45) is 0. The van der Waals surface area contributed by atoms with Crippen molar-refractivity contribution in [2.24, 2.45) is 0 Å². The van der Waals surface area contributed by atoms with Crippen LogP contribution in [0.2, 0.25) is 0 Å². The van der Waals surface area contributed by atoms with Crippen LogP contribution in [0.4, 0.5) is 0 Å². The number of ether oxygens (including phenoxy) is 4. The van der Waals surface area contributed by atoms with Crippen molar-refractivity contribution >= 4 is 0 Å². The van der Waals surface area contributed by atoms with E-state index in [2.05, 4.69) is 23.5 Å². The molecule has 5 heteroatoms. The van der Waals surface area contributed by atoms with Gasteiger partial charge in [-0.1, -0.05) is 24.3 Å². The van der Waals surface area contributed by atoms with Crippen molar-refractivity contribution < 1.29 is 18.9 Å². The monoisotopic (exact) mass is 331 g/mol. The molecule has 130 valence electrons. The van der Waals surface area contributed by atoms with Crippen molar-refractivity contribution in [1.29, 1.82) is 0 Å². The second kappa shape index (κ2) is 9.15. The van der Waals surface area contributed by atoms with Gasteiger partial charge in [0.05, 0.1) is 27.9 Å². The molecule has 0 saturated carbocycles. The highest BCUT2D eigenvalue weighted by Gasteiger charge is 2.12. The lowest BCUT2D eigenvalue weighted by Crippen LogP contribution is -2.13. The van der Waals surface area contributed by atoms with Crippen molar-refractivity contribution in [3.05, 3.63) is 53.1 Å². The Balaban J connectivity index is 2.02. The van der Waals surface area contributed by atoms with Gasteiger partial charge in [-0.05, 0) is 28.8 Å². The van der Waals surface area contributed by atoms with E-state index in [1.54, 1.807) is 28.4 Å². The molecule has 0 unspecified atom stereocenters. The number of hydrogen-bond acceptors (Lipinski definition) is 5. The predicted molar refractivity (Wildman–Crippen MR) is 93.8 cm³/mol. The molecular weight excluding hydrogens is 306 g/mol. The first-order valence-corrected chi connectivity index (χ1v) is 7.78. The smallest absolute Gasteiger partial charge is 0.203 e. The first kappa shape index (κ1) is 18.1. The fourth-order valence-corrected chi connectivity index (χ4v) is 2.58. The molecule has 2 aromatic rings. The number of hydrogen-bond donors (Lipinski definition) is 1. The van der Waals surface area contributed by atoms with Gasteiger partial charge in [0.2, 0.25) is 5.75 Å². The Morgan fingerprint density at radius 2 is 1.38 bits per heavy atom. The minimum absolute atomic E-state index is 0.607. The van der Waals surface area contributed by atoms with E-state index in [4.69, 9.17) is 18.9 Å². The van der Waals surface area contributed by atoms with Crippen LogP contribution in [-0.4, -0.2) is 28.4 Å². The average molecular weight is 331 g/mol. The van der Waals surface area contributed by atoms with E-state index in [1.807, 2.05) is 18.2 Å². The van der Waals surface area contributed by atoms with E-state index in [9.17, 15) is 0 Å². The fraction of sp³-hybridized carbons (Fsp3) is 0.368. The molecule has 0 saturated heterocycles. The van der Waals surface area contributed by atoms with E-state index in [1.165, 1.54) is 11.1 Å². The number of nitrogens with one attached hydrogen (secondary N) is 1. The van der Waals surface area contributed by atoms with Crippen molar-refractivity contribution in [1.82, 2.24) is 5.32 Å². The normalized spacial score (nSPS) is 10.5. The summed E-state index contributed by atoms with van der Waals surface area (Å²) in [7, 11) is 6.55. The molecule has 0 heterocycles. The van der Waals surface area contributed by atoms with Crippen molar-refractivity contribution in [3.8, 4) is 17.2 Å². The SMILES string of the molecule is COCc1cccc(CNCc2cc(OC)c(OC)c(OC)c2)c1. The number of rotatable bonds is 9. The highest BCUT2D eigenvalue weighted by Crippen LogP contribution is 2.38. The topological polar surface area (TPSA) is 49.0 Å². The summed E-state index contributed by atoms with van der Waals surface area (Å²) in [6, 6.07) is 12.3. The second-order valence-electron chi connectivity index (χ2n) is 5.39. The van der Waals surface area contributed by atoms with Crippen LogP contribution in [0.25, 0.3) is 0 Å². The molecule has 2 rings (SSSR count). The standard InChI is InChI=1S/C19H25NO4/c1-21-13-15-7-5-6-14(8-15)11-20-12-16-9-17(22-2)19(24-4)18(10-16)23-3/h5-10,20H,11-13H2,1-4H3. The molecule has 1 N–H and O–H groups in total. The van der Waals surface area contributed by atoms with Gasteiger partial charge in [0.25, 0.3) is 0 Å². The molecule has 2 aromatic carbocycles. The van der Waals surface area contributed by atoms with E-state index in [0.29, 0.717) is 30.4 Å². The fourth-order valence-electron chi connectivity index (χ4n) is 2.58.